The molecule has 0 spiro atoms. The van der Waals surface area contributed by atoms with Crippen molar-refractivity contribution < 1.29 is 14.1 Å². The number of methoxy groups -OCH3 is 1. The predicted molar refractivity (Wildman–Crippen MR) is 78.9 cm³/mol. The molecule has 0 radical (unpaired) electrons. The number of halogens is 2. The average molecular weight is 356 g/mol. The summed E-state index contributed by atoms with van der Waals surface area (Å²) in [5, 5.41) is 13.8. The van der Waals surface area contributed by atoms with Gasteiger partial charge in [0.1, 0.15) is 11.5 Å². The summed E-state index contributed by atoms with van der Waals surface area (Å²) in [7, 11) is 1.51. The van der Waals surface area contributed by atoms with Gasteiger partial charge in [-0.05, 0) is 21.5 Å². The van der Waals surface area contributed by atoms with Crippen molar-refractivity contribution in [3.8, 4) is 5.88 Å². The summed E-state index contributed by atoms with van der Waals surface area (Å²) < 4.78 is 18.5. The first kappa shape index (κ1) is 15.2. The fourth-order valence-corrected chi connectivity index (χ4v) is 1.99. The molecule has 1 heterocycles. The van der Waals surface area contributed by atoms with Crippen LogP contribution in [0.5, 0.6) is 5.88 Å². The number of aromatic nitrogens is 1. The Morgan fingerprint density at radius 2 is 2.24 bits per heavy atom. The van der Waals surface area contributed by atoms with Crippen LogP contribution in [-0.4, -0.2) is 17.0 Å². The second-order valence-electron chi connectivity index (χ2n) is 4.10. The Kier molecular flexibility index (Phi) is 4.69. The first-order chi connectivity index (χ1) is 10.0. The normalized spacial score (nSPS) is 10.2. The molecule has 1 aromatic heterocycles. The summed E-state index contributed by atoms with van der Waals surface area (Å²) >= 11 is 2.93. The Morgan fingerprint density at radius 3 is 2.81 bits per heavy atom. The van der Waals surface area contributed by atoms with Crippen LogP contribution < -0.4 is 10.1 Å². The number of nitro benzene ring substituents is 1. The second kappa shape index (κ2) is 6.49. The molecule has 21 heavy (non-hydrogen) atoms. The Hall–Kier alpha value is -2.22. The number of hydrogen-bond acceptors (Lipinski definition) is 5. The topological polar surface area (TPSA) is 77.3 Å². The number of rotatable bonds is 5. The van der Waals surface area contributed by atoms with Gasteiger partial charge in [-0.3, -0.25) is 10.1 Å². The zero-order valence-electron chi connectivity index (χ0n) is 11.0. The van der Waals surface area contributed by atoms with E-state index in [4.69, 9.17) is 4.74 Å². The fraction of sp³-hybridized carbons (Fsp3) is 0.154. The van der Waals surface area contributed by atoms with E-state index in [1.165, 1.54) is 7.11 Å². The van der Waals surface area contributed by atoms with Gasteiger partial charge >= 0.3 is 0 Å². The van der Waals surface area contributed by atoms with Gasteiger partial charge in [0.15, 0.2) is 0 Å². The van der Waals surface area contributed by atoms with Crippen LogP contribution in [-0.2, 0) is 6.54 Å². The smallest absolute Gasteiger partial charge is 0.293 e. The minimum Gasteiger partial charge on any atom is -0.481 e. The van der Waals surface area contributed by atoms with E-state index in [0.717, 1.165) is 17.7 Å². The van der Waals surface area contributed by atoms with Crippen LogP contribution in [0.1, 0.15) is 5.56 Å². The van der Waals surface area contributed by atoms with E-state index in [1.54, 1.807) is 18.3 Å². The van der Waals surface area contributed by atoms with Crippen molar-refractivity contribution in [2.45, 2.75) is 6.54 Å². The second-order valence-corrected chi connectivity index (χ2v) is 4.96. The minimum atomic E-state index is -0.573. The van der Waals surface area contributed by atoms with Gasteiger partial charge in [0.25, 0.3) is 5.69 Å². The van der Waals surface area contributed by atoms with Gasteiger partial charge in [-0.15, -0.1) is 0 Å². The Bertz CT molecular complexity index is 664. The molecule has 110 valence electrons. The monoisotopic (exact) mass is 355 g/mol. The van der Waals surface area contributed by atoms with Crippen molar-refractivity contribution in [2.75, 3.05) is 12.4 Å². The van der Waals surface area contributed by atoms with Crippen LogP contribution in [0.15, 0.2) is 34.9 Å². The third-order valence-electron chi connectivity index (χ3n) is 2.73. The maximum Gasteiger partial charge on any atom is 0.293 e. The van der Waals surface area contributed by atoms with Crippen molar-refractivity contribution in [3.63, 3.8) is 0 Å². The lowest BCUT2D eigenvalue weighted by atomic mass is 10.2. The van der Waals surface area contributed by atoms with E-state index >= 15 is 0 Å². The van der Waals surface area contributed by atoms with Gasteiger partial charge in [0.2, 0.25) is 5.88 Å². The number of nitro groups is 1. The molecule has 1 N–H and O–H groups in total. The highest BCUT2D eigenvalue weighted by atomic mass is 79.9. The lowest BCUT2D eigenvalue weighted by Crippen LogP contribution is -2.04. The largest absolute Gasteiger partial charge is 0.481 e. The fourth-order valence-electron chi connectivity index (χ4n) is 1.66. The maximum atomic E-state index is 13.5. The first-order valence-electron chi connectivity index (χ1n) is 5.87. The van der Waals surface area contributed by atoms with Gasteiger partial charge in [-0.1, -0.05) is 6.07 Å². The van der Waals surface area contributed by atoms with Crippen molar-refractivity contribution in [1.29, 1.82) is 0 Å². The maximum absolute atomic E-state index is 13.5. The standard InChI is InChI=1S/C13H11BrFN3O3/c1-21-13-3-2-8(7-17-13)6-16-11-5-10(15)9(14)4-12(11)18(19)20/h2-5,7,16H,6H2,1H3. The van der Waals surface area contributed by atoms with Gasteiger partial charge < -0.3 is 10.1 Å². The first-order valence-corrected chi connectivity index (χ1v) is 6.67. The zero-order chi connectivity index (χ0) is 15.4. The lowest BCUT2D eigenvalue weighted by molar-refractivity contribution is -0.384. The number of ether oxygens (including phenoxy) is 1. The molecule has 0 fully saturated rings. The van der Waals surface area contributed by atoms with E-state index in [0.29, 0.717) is 5.88 Å². The van der Waals surface area contributed by atoms with Crippen LogP contribution in [0, 0.1) is 15.9 Å². The summed E-state index contributed by atoms with van der Waals surface area (Å²) in [6, 6.07) is 5.65. The molecule has 0 bridgehead atoms. The Balaban J connectivity index is 2.18. The molecule has 2 aromatic rings. The predicted octanol–water partition coefficient (Wildman–Crippen LogP) is 3.51. The van der Waals surface area contributed by atoms with Crippen molar-refractivity contribution in [2.24, 2.45) is 0 Å². The molecule has 1 aromatic carbocycles. The molecule has 8 heteroatoms. The molecule has 0 aliphatic heterocycles. The van der Waals surface area contributed by atoms with Crippen LogP contribution in [0.4, 0.5) is 15.8 Å². The van der Waals surface area contributed by atoms with Crippen LogP contribution >= 0.6 is 15.9 Å². The molecule has 0 aliphatic rings. The van der Waals surface area contributed by atoms with E-state index in [1.807, 2.05) is 0 Å². The quantitative estimate of drug-likeness (QED) is 0.655. The van der Waals surface area contributed by atoms with Crippen molar-refractivity contribution in [1.82, 2.24) is 4.98 Å². The average Bonchev–Trinajstić information content (AvgIpc) is 2.48. The van der Waals surface area contributed by atoms with E-state index in [2.05, 4.69) is 26.2 Å². The third kappa shape index (κ3) is 3.66. The Morgan fingerprint density at radius 1 is 1.48 bits per heavy atom. The number of hydrogen-bond donors (Lipinski definition) is 1. The van der Waals surface area contributed by atoms with Crippen molar-refractivity contribution >= 4 is 27.3 Å². The molecular formula is C13H11BrFN3O3. The summed E-state index contributed by atoms with van der Waals surface area (Å²) in [4.78, 5) is 14.4. The lowest BCUT2D eigenvalue weighted by Gasteiger charge is -2.08. The van der Waals surface area contributed by atoms with Gasteiger partial charge in [-0.2, -0.15) is 0 Å². The van der Waals surface area contributed by atoms with Gasteiger partial charge in [0, 0.05) is 30.9 Å². The molecule has 2 rings (SSSR count). The highest BCUT2D eigenvalue weighted by Gasteiger charge is 2.17. The highest BCUT2D eigenvalue weighted by Crippen LogP contribution is 2.30. The number of benzene rings is 1. The van der Waals surface area contributed by atoms with E-state index in [9.17, 15) is 14.5 Å². The molecule has 0 saturated heterocycles. The van der Waals surface area contributed by atoms with Crippen LogP contribution in [0.2, 0.25) is 0 Å². The van der Waals surface area contributed by atoms with E-state index in [-0.39, 0.29) is 22.4 Å². The number of anilines is 1. The van der Waals surface area contributed by atoms with E-state index < -0.39 is 10.7 Å². The highest BCUT2D eigenvalue weighted by molar-refractivity contribution is 9.10. The molecule has 6 nitrogen and oxygen atoms in total. The summed E-state index contributed by atoms with van der Waals surface area (Å²) in [5.41, 5.74) is 0.690. The van der Waals surface area contributed by atoms with Gasteiger partial charge in [0.05, 0.1) is 16.5 Å². The molecular weight excluding hydrogens is 345 g/mol. The third-order valence-corrected chi connectivity index (χ3v) is 3.33. The Labute approximate surface area is 128 Å². The molecule has 0 saturated carbocycles. The van der Waals surface area contributed by atoms with Crippen LogP contribution in [0.3, 0.4) is 0 Å². The molecule has 0 amide bonds. The minimum absolute atomic E-state index is 0.0471. The summed E-state index contributed by atoms with van der Waals surface area (Å²) in [6.45, 7) is 0.277. The number of nitrogens with one attached hydrogen (secondary N) is 1. The summed E-state index contributed by atoms with van der Waals surface area (Å²) in [6.07, 6.45) is 1.58. The van der Waals surface area contributed by atoms with Crippen LogP contribution in [0.25, 0.3) is 0 Å². The number of pyridine rings is 1. The van der Waals surface area contributed by atoms with Gasteiger partial charge in [-0.25, -0.2) is 9.37 Å². The summed E-state index contributed by atoms with van der Waals surface area (Å²) in [5.74, 6) is -0.102. The molecule has 0 aliphatic carbocycles. The molecule has 0 unspecified atom stereocenters. The molecule has 0 atom stereocenters. The number of nitrogens with zero attached hydrogens (tertiary/aromatic N) is 2. The zero-order valence-corrected chi connectivity index (χ0v) is 12.6. The SMILES string of the molecule is COc1ccc(CNc2cc(F)c(Br)cc2[N+](=O)[O-])cn1. The van der Waals surface area contributed by atoms with Crippen molar-refractivity contribution in [3.05, 3.63) is 56.4 Å².